The van der Waals surface area contributed by atoms with Crippen LogP contribution in [0.4, 0.5) is 18.9 Å². The molecule has 0 fully saturated rings. The summed E-state index contributed by atoms with van der Waals surface area (Å²) < 4.78 is 37.4. The van der Waals surface area contributed by atoms with Crippen LogP contribution in [0.5, 0.6) is 0 Å². The molecule has 0 aromatic heterocycles. The van der Waals surface area contributed by atoms with Crippen LogP contribution in [0.2, 0.25) is 0 Å². The summed E-state index contributed by atoms with van der Waals surface area (Å²) in [5.41, 5.74) is -1.24. The minimum Gasteiger partial charge on any atom is -0.478 e. The van der Waals surface area contributed by atoms with Crippen molar-refractivity contribution in [3.05, 3.63) is 29.3 Å². The van der Waals surface area contributed by atoms with Crippen molar-refractivity contribution >= 4 is 11.7 Å². The molecule has 0 heterocycles. The molecule has 0 aliphatic carbocycles. The van der Waals surface area contributed by atoms with Gasteiger partial charge in [-0.1, -0.05) is 0 Å². The normalized spacial score (nSPS) is 10.8. The lowest BCUT2D eigenvalue weighted by molar-refractivity contribution is -0.137. The largest absolute Gasteiger partial charge is 0.478 e. The second-order valence-electron chi connectivity index (χ2n) is 3.80. The molecule has 3 nitrogen and oxygen atoms in total. The third-order valence-corrected chi connectivity index (χ3v) is 2.39. The minimum absolute atomic E-state index is 0.150. The second kappa shape index (κ2) is 6.14. The van der Waals surface area contributed by atoms with Crippen LogP contribution in [0.1, 0.15) is 28.8 Å². The van der Waals surface area contributed by atoms with Gasteiger partial charge < -0.3 is 10.4 Å². The van der Waals surface area contributed by atoms with Crippen molar-refractivity contribution in [3.8, 4) is 12.3 Å². The number of unbranched alkanes of at least 4 members (excludes halogenated alkanes) is 1. The van der Waals surface area contributed by atoms with E-state index in [0.29, 0.717) is 25.5 Å². The van der Waals surface area contributed by atoms with E-state index in [1.807, 2.05) is 0 Å². The fraction of sp³-hybridized carbons (Fsp3) is 0.308. The van der Waals surface area contributed by atoms with Crippen molar-refractivity contribution in [1.82, 2.24) is 0 Å². The first-order valence-electron chi connectivity index (χ1n) is 5.48. The fourth-order valence-corrected chi connectivity index (χ4v) is 1.47. The van der Waals surface area contributed by atoms with Gasteiger partial charge in [-0.25, -0.2) is 4.79 Å². The summed E-state index contributed by atoms with van der Waals surface area (Å²) in [5.74, 6) is 1.00. The van der Waals surface area contributed by atoms with E-state index in [1.54, 1.807) is 0 Å². The first-order chi connectivity index (χ1) is 8.86. The molecular formula is C13H12F3NO2. The number of carbonyl (C=O) groups is 1. The van der Waals surface area contributed by atoms with Crippen LogP contribution in [-0.4, -0.2) is 17.6 Å². The van der Waals surface area contributed by atoms with E-state index in [4.69, 9.17) is 11.5 Å². The minimum atomic E-state index is -4.56. The number of aromatic carboxylic acids is 1. The van der Waals surface area contributed by atoms with Gasteiger partial charge in [0.2, 0.25) is 0 Å². The number of hydrogen-bond acceptors (Lipinski definition) is 2. The van der Waals surface area contributed by atoms with E-state index in [9.17, 15) is 18.0 Å². The van der Waals surface area contributed by atoms with E-state index in [-0.39, 0.29) is 5.69 Å². The lowest BCUT2D eigenvalue weighted by atomic mass is 10.1. The Balaban J connectivity index is 2.93. The summed E-state index contributed by atoms with van der Waals surface area (Å²) in [5, 5.41) is 11.7. The quantitative estimate of drug-likeness (QED) is 0.638. The molecule has 2 N–H and O–H groups in total. The predicted molar refractivity (Wildman–Crippen MR) is 65.0 cm³/mol. The number of carboxylic acids is 1. The van der Waals surface area contributed by atoms with E-state index in [0.717, 1.165) is 12.1 Å². The third kappa shape index (κ3) is 4.21. The number of rotatable bonds is 5. The zero-order valence-electron chi connectivity index (χ0n) is 9.92. The Bertz CT molecular complexity index is 504. The van der Waals surface area contributed by atoms with Gasteiger partial charge in [-0.05, 0) is 24.6 Å². The number of hydrogen-bond donors (Lipinski definition) is 2. The van der Waals surface area contributed by atoms with E-state index in [2.05, 4.69) is 11.2 Å². The van der Waals surface area contributed by atoms with Crippen molar-refractivity contribution in [1.29, 1.82) is 0 Å². The summed E-state index contributed by atoms with van der Waals surface area (Å²) in [6.07, 6.45) is 1.61. The Morgan fingerprint density at radius 2 is 2.11 bits per heavy atom. The average Bonchev–Trinajstić information content (AvgIpc) is 2.33. The van der Waals surface area contributed by atoms with Crippen LogP contribution in [0, 0.1) is 12.3 Å². The monoisotopic (exact) mass is 271 g/mol. The molecule has 0 aliphatic rings. The molecule has 0 amide bonds. The second-order valence-corrected chi connectivity index (χ2v) is 3.80. The SMILES string of the molecule is C#CCCCNc1ccc(C(F)(F)F)cc1C(=O)O. The first-order valence-corrected chi connectivity index (χ1v) is 5.48. The highest BCUT2D eigenvalue weighted by Crippen LogP contribution is 2.31. The van der Waals surface area contributed by atoms with E-state index in [1.165, 1.54) is 0 Å². The Morgan fingerprint density at radius 3 is 2.63 bits per heavy atom. The highest BCUT2D eigenvalue weighted by Gasteiger charge is 2.31. The number of halogens is 3. The summed E-state index contributed by atoms with van der Waals surface area (Å²) in [7, 11) is 0. The topological polar surface area (TPSA) is 49.3 Å². The molecule has 1 aromatic rings. The molecule has 102 valence electrons. The Morgan fingerprint density at radius 1 is 1.42 bits per heavy atom. The van der Waals surface area contributed by atoms with Crippen LogP contribution < -0.4 is 5.32 Å². The van der Waals surface area contributed by atoms with Crippen molar-refractivity contribution in [2.75, 3.05) is 11.9 Å². The molecule has 0 radical (unpaired) electrons. The maximum atomic E-state index is 12.5. The standard InChI is InChI=1S/C13H12F3NO2/c1-2-3-4-7-17-11-6-5-9(13(14,15)16)8-10(11)12(18)19/h1,5-6,8,17H,3-4,7H2,(H,18,19). The molecule has 0 spiro atoms. The number of nitrogens with one attached hydrogen (secondary N) is 1. The van der Waals surface area contributed by atoms with Crippen molar-refractivity contribution in [2.45, 2.75) is 19.0 Å². The molecule has 0 bridgehead atoms. The Labute approximate surface area is 108 Å². The lowest BCUT2D eigenvalue weighted by Crippen LogP contribution is -2.11. The van der Waals surface area contributed by atoms with Gasteiger partial charge in [-0.3, -0.25) is 0 Å². The number of alkyl halides is 3. The molecule has 0 unspecified atom stereocenters. The van der Waals surface area contributed by atoms with Gasteiger partial charge in [0.05, 0.1) is 11.1 Å². The zero-order valence-corrected chi connectivity index (χ0v) is 9.92. The first kappa shape index (κ1) is 14.9. The molecule has 0 saturated carbocycles. The van der Waals surface area contributed by atoms with Gasteiger partial charge in [-0.2, -0.15) is 13.2 Å². The van der Waals surface area contributed by atoms with E-state index < -0.39 is 23.3 Å². The smallest absolute Gasteiger partial charge is 0.416 e. The highest BCUT2D eigenvalue weighted by molar-refractivity contribution is 5.94. The van der Waals surface area contributed by atoms with Crippen molar-refractivity contribution in [2.24, 2.45) is 0 Å². The molecule has 1 aromatic carbocycles. The van der Waals surface area contributed by atoms with Gasteiger partial charge in [-0.15, -0.1) is 12.3 Å². The van der Waals surface area contributed by atoms with Gasteiger partial charge in [0, 0.05) is 18.7 Å². The van der Waals surface area contributed by atoms with Crippen LogP contribution in [0.3, 0.4) is 0 Å². The third-order valence-electron chi connectivity index (χ3n) is 2.39. The van der Waals surface area contributed by atoms with Gasteiger partial charge >= 0.3 is 12.1 Å². The molecule has 0 aliphatic heterocycles. The van der Waals surface area contributed by atoms with Crippen LogP contribution in [0.25, 0.3) is 0 Å². The zero-order chi connectivity index (χ0) is 14.5. The number of benzene rings is 1. The molecule has 0 atom stereocenters. The van der Waals surface area contributed by atoms with Crippen LogP contribution >= 0.6 is 0 Å². The van der Waals surface area contributed by atoms with Crippen molar-refractivity contribution in [3.63, 3.8) is 0 Å². The highest BCUT2D eigenvalue weighted by atomic mass is 19.4. The predicted octanol–water partition coefficient (Wildman–Crippen LogP) is 3.23. The van der Waals surface area contributed by atoms with Crippen LogP contribution in [-0.2, 0) is 6.18 Å². The summed E-state index contributed by atoms with van der Waals surface area (Å²) in [6.45, 7) is 0.399. The molecule has 0 saturated heterocycles. The van der Waals surface area contributed by atoms with E-state index >= 15 is 0 Å². The summed E-state index contributed by atoms with van der Waals surface area (Å²) >= 11 is 0. The van der Waals surface area contributed by atoms with Crippen LogP contribution in [0.15, 0.2) is 18.2 Å². The number of anilines is 1. The van der Waals surface area contributed by atoms with Crippen molar-refractivity contribution < 1.29 is 23.1 Å². The number of terminal acetylenes is 1. The fourth-order valence-electron chi connectivity index (χ4n) is 1.47. The molecule has 19 heavy (non-hydrogen) atoms. The summed E-state index contributed by atoms with van der Waals surface area (Å²) in [4.78, 5) is 11.0. The Kier molecular flexibility index (Phi) is 4.81. The maximum absolute atomic E-state index is 12.5. The van der Waals surface area contributed by atoms with Gasteiger partial charge in [0.1, 0.15) is 0 Å². The average molecular weight is 271 g/mol. The van der Waals surface area contributed by atoms with Gasteiger partial charge in [0.25, 0.3) is 0 Å². The lowest BCUT2D eigenvalue weighted by Gasteiger charge is -2.12. The maximum Gasteiger partial charge on any atom is 0.416 e. The molecule has 6 heteroatoms. The molecular weight excluding hydrogens is 259 g/mol. The molecule has 1 rings (SSSR count). The Hall–Kier alpha value is -2.16. The van der Waals surface area contributed by atoms with Gasteiger partial charge in [0.15, 0.2) is 0 Å². The number of carboxylic acid groups (broad SMARTS) is 1. The summed E-state index contributed by atoms with van der Waals surface area (Å²) in [6, 6.07) is 2.57.